The lowest BCUT2D eigenvalue weighted by Crippen LogP contribution is -2.41. The highest BCUT2D eigenvalue weighted by Gasteiger charge is 2.38. The number of hydrogen-bond acceptors (Lipinski definition) is 1. The van der Waals surface area contributed by atoms with Gasteiger partial charge in [-0.3, -0.25) is 4.79 Å². The quantitative estimate of drug-likeness (QED) is 0.655. The fourth-order valence-corrected chi connectivity index (χ4v) is 4.36. The molecule has 0 bridgehead atoms. The van der Waals surface area contributed by atoms with Crippen molar-refractivity contribution in [1.82, 2.24) is 4.90 Å². The van der Waals surface area contributed by atoms with Crippen LogP contribution in [-0.2, 0) is 17.4 Å². The minimum Gasteiger partial charge on any atom is -0.331 e. The van der Waals surface area contributed by atoms with Gasteiger partial charge in [-0.1, -0.05) is 50.2 Å². The Hall–Kier alpha value is -2.56. The van der Waals surface area contributed by atoms with Crippen LogP contribution in [0.25, 0.3) is 5.57 Å². The lowest BCUT2D eigenvalue weighted by atomic mass is 9.87. The van der Waals surface area contributed by atoms with E-state index in [0.29, 0.717) is 6.54 Å². The number of fused-ring (bicyclic) bond motifs is 2. The van der Waals surface area contributed by atoms with E-state index in [2.05, 4.69) is 12.1 Å². The molecule has 1 atom stereocenters. The van der Waals surface area contributed by atoms with Gasteiger partial charge in [0.1, 0.15) is 0 Å². The summed E-state index contributed by atoms with van der Waals surface area (Å²) in [7, 11) is 0. The van der Waals surface area contributed by atoms with E-state index in [-0.39, 0.29) is 17.9 Å². The van der Waals surface area contributed by atoms with E-state index in [1.165, 1.54) is 28.8 Å². The molecule has 28 heavy (non-hydrogen) atoms. The minimum atomic E-state index is -4.37. The van der Waals surface area contributed by atoms with Crippen molar-refractivity contribution < 1.29 is 18.0 Å². The van der Waals surface area contributed by atoms with E-state index in [0.717, 1.165) is 36.1 Å². The molecular weight excluding hydrogens is 363 g/mol. The molecule has 146 valence electrons. The minimum absolute atomic E-state index is 0.0346. The Kier molecular flexibility index (Phi) is 4.56. The van der Waals surface area contributed by atoms with Crippen LogP contribution < -0.4 is 0 Å². The molecule has 2 nitrogen and oxygen atoms in total. The van der Waals surface area contributed by atoms with Crippen molar-refractivity contribution in [1.29, 1.82) is 0 Å². The lowest BCUT2D eigenvalue weighted by Gasteiger charge is -2.39. The van der Waals surface area contributed by atoms with Crippen LogP contribution in [0.1, 0.15) is 48.6 Å². The summed E-state index contributed by atoms with van der Waals surface area (Å²) in [6, 6.07) is 13.2. The Morgan fingerprint density at radius 2 is 1.75 bits per heavy atom. The Morgan fingerprint density at radius 1 is 1.07 bits per heavy atom. The van der Waals surface area contributed by atoms with Gasteiger partial charge in [0.15, 0.2) is 0 Å². The first-order valence-corrected chi connectivity index (χ1v) is 9.55. The van der Waals surface area contributed by atoms with Crippen molar-refractivity contribution in [2.45, 2.75) is 38.9 Å². The number of nitrogens with zero attached hydrogens (tertiary/aromatic N) is 1. The van der Waals surface area contributed by atoms with Crippen LogP contribution in [0.5, 0.6) is 0 Å². The summed E-state index contributed by atoms with van der Waals surface area (Å²) in [6.07, 6.45) is -2.85. The average Bonchev–Trinajstić information content (AvgIpc) is 3.04. The van der Waals surface area contributed by atoms with Crippen LogP contribution in [-0.4, -0.2) is 17.4 Å². The molecule has 1 heterocycles. The Morgan fingerprint density at radius 3 is 2.39 bits per heavy atom. The number of benzene rings is 2. The monoisotopic (exact) mass is 385 g/mol. The highest BCUT2D eigenvalue weighted by atomic mass is 19.4. The van der Waals surface area contributed by atoms with E-state index in [4.69, 9.17) is 0 Å². The van der Waals surface area contributed by atoms with Crippen LogP contribution >= 0.6 is 0 Å². The first-order chi connectivity index (χ1) is 13.3. The molecule has 0 aromatic heterocycles. The van der Waals surface area contributed by atoms with Gasteiger partial charge in [-0.25, -0.2) is 0 Å². The molecule has 0 saturated carbocycles. The Balaban J connectivity index is 1.79. The molecule has 2 aromatic rings. The molecule has 1 aliphatic carbocycles. The van der Waals surface area contributed by atoms with Crippen molar-refractivity contribution >= 4 is 11.5 Å². The predicted octanol–water partition coefficient (Wildman–Crippen LogP) is 5.64. The SMILES string of the molecule is CC(C)C(=O)N1CCC2=C(Cc3ccccc32)C1c1ccc(C(F)(F)F)cc1. The molecule has 2 aliphatic rings. The van der Waals surface area contributed by atoms with Crippen molar-refractivity contribution in [2.75, 3.05) is 6.54 Å². The number of amides is 1. The van der Waals surface area contributed by atoms with Gasteiger partial charge in [-0.2, -0.15) is 13.2 Å². The fraction of sp³-hybridized carbons (Fsp3) is 0.348. The summed E-state index contributed by atoms with van der Waals surface area (Å²) < 4.78 is 39.0. The Bertz CT molecular complexity index is 941. The molecule has 1 unspecified atom stereocenters. The summed E-state index contributed by atoms with van der Waals surface area (Å²) >= 11 is 0. The van der Waals surface area contributed by atoms with Crippen molar-refractivity contribution in [3.63, 3.8) is 0 Å². The zero-order valence-electron chi connectivity index (χ0n) is 15.9. The molecule has 4 rings (SSSR count). The van der Waals surface area contributed by atoms with E-state index in [1.54, 1.807) is 0 Å². The normalized spacial score (nSPS) is 19.1. The lowest BCUT2D eigenvalue weighted by molar-refractivity contribution is -0.138. The summed E-state index contributed by atoms with van der Waals surface area (Å²) in [5.74, 6) is -0.129. The topological polar surface area (TPSA) is 20.3 Å². The average molecular weight is 385 g/mol. The van der Waals surface area contributed by atoms with Gasteiger partial charge in [0.25, 0.3) is 0 Å². The molecule has 5 heteroatoms. The maximum atomic E-state index is 13.0. The van der Waals surface area contributed by atoms with Crippen LogP contribution in [0, 0.1) is 5.92 Å². The molecule has 0 saturated heterocycles. The standard InChI is InChI=1S/C23H22F3NO/c1-14(2)22(28)27-12-11-19-18-6-4-3-5-16(18)13-20(19)21(27)15-7-9-17(10-8-15)23(24,25)26/h3-10,14,21H,11-13H2,1-2H3. The predicted molar refractivity (Wildman–Crippen MR) is 102 cm³/mol. The van der Waals surface area contributed by atoms with Gasteiger partial charge in [-0.05, 0) is 52.8 Å². The third kappa shape index (κ3) is 3.13. The smallest absolute Gasteiger partial charge is 0.331 e. The van der Waals surface area contributed by atoms with Gasteiger partial charge in [0, 0.05) is 12.5 Å². The van der Waals surface area contributed by atoms with Crippen LogP contribution in [0.3, 0.4) is 0 Å². The highest BCUT2D eigenvalue weighted by Crippen LogP contribution is 2.47. The van der Waals surface area contributed by atoms with Gasteiger partial charge in [0.2, 0.25) is 5.91 Å². The maximum absolute atomic E-state index is 13.0. The number of rotatable bonds is 2. The van der Waals surface area contributed by atoms with Crippen LogP contribution in [0.15, 0.2) is 54.1 Å². The summed E-state index contributed by atoms with van der Waals surface area (Å²) in [5.41, 5.74) is 4.89. The first-order valence-electron chi connectivity index (χ1n) is 9.55. The van der Waals surface area contributed by atoms with Crippen molar-refractivity contribution in [3.05, 3.63) is 76.4 Å². The first kappa shape index (κ1) is 18.8. The summed E-state index contributed by atoms with van der Waals surface area (Å²) in [4.78, 5) is 14.7. The second kappa shape index (κ2) is 6.80. The molecule has 2 aromatic carbocycles. The van der Waals surface area contributed by atoms with Gasteiger partial charge >= 0.3 is 6.18 Å². The number of hydrogen-bond donors (Lipinski definition) is 0. The molecule has 1 aliphatic heterocycles. The van der Waals surface area contributed by atoms with Crippen LogP contribution in [0.4, 0.5) is 13.2 Å². The largest absolute Gasteiger partial charge is 0.416 e. The zero-order chi connectivity index (χ0) is 20.1. The van der Waals surface area contributed by atoms with E-state index in [1.807, 2.05) is 30.9 Å². The van der Waals surface area contributed by atoms with E-state index < -0.39 is 11.7 Å². The third-order valence-electron chi connectivity index (χ3n) is 5.69. The van der Waals surface area contributed by atoms with Gasteiger partial charge in [-0.15, -0.1) is 0 Å². The molecule has 0 N–H and O–H groups in total. The highest BCUT2D eigenvalue weighted by molar-refractivity contribution is 5.84. The van der Waals surface area contributed by atoms with E-state index >= 15 is 0 Å². The number of carbonyl (C=O) groups is 1. The zero-order valence-corrected chi connectivity index (χ0v) is 15.9. The second-order valence-electron chi connectivity index (χ2n) is 7.80. The van der Waals surface area contributed by atoms with E-state index in [9.17, 15) is 18.0 Å². The second-order valence-corrected chi connectivity index (χ2v) is 7.80. The van der Waals surface area contributed by atoms with Crippen molar-refractivity contribution in [3.8, 4) is 0 Å². The van der Waals surface area contributed by atoms with Gasteiger partial charge in [0.05, 0.1) is 11.6 Å². The third-order valence-corrected chi connectivity index (χ3v) is 5.69. The Labute approximate surface area is 162 Å². The molecule has 0 spiro atoms. The van der Waals surface area contributed by atoms with Crippen molar-refractivity contribution in [2.24, 2.45) is 5.92 Å². The molecular formula is C23H22F3NO. The molecule has 0 radical (unpaired) electrons. The number of halogens is 3. The molecule has 0 fully saturated rings. The number of alkyl halides is 3. The fourth-order valence-electron chi connectivity index (χ4n) is 4.36. The van der Waals surface area contributed by atoms with Gasteiger partial charge < -0.3 is 4.90 Å². The molecule has 1 amide bonds. The summed E-state index contributed by atoms with van der Waals surface area (Å²) in [5, 5.41) is 0. The van der Waals surface area contributed by atoms with Crippen LogP contribution in [0.2, 0.25) is 0 Å². The maximum Gasteiger partial charge on any atom is 0.416 e. The number of carbonyl (C=O) groups excluding carboxylic acids is 1. The summed E-state index contributed by atoms with van der Waals surface area (Å²) in [6.45, 7) is 4.30.